The molecule has 2 aliphatic rings. The minimum atomic E-state index is 0.0248. The van der Waals surface area contributed by atoms with Gasteiger partial charge in [0, 0.05) is 5.56 Å². The zero-order valence-electron chi connectivity index (χ0n) is 19.3. The summed E-state index contributed by atoms with van der Waals surface area (Å²) < 4.78 is 5.96. The molecule has 1 atom stereocenters. The van der Waals surface area contributed by atoms with Crippen molar-refractivity contribution in [1.82, 2.24) is 4.90 Å². The summed E-state index contributed by atoms with van der Waals surface area (Å²) in [5, 5.41) is 18.5. The largest absolute Gasteiger partial charge is 0.504 e. The number of hydrogen-bond donors (Lipinski definition) is 1. The molecule has 0 unspecified atom stereocenters. The van der Waals surface area contributed by atoms with Gasteiger partial charge in [-0.1, -0.05) is 78.4 Å². The van der Waals surface area contributed by atoms with Crippen molar-refractivity contribution in [3.05, 3.63) is 106 Å². The first-order valence-corrected chi connectivity index (χ1v) is 11.4. The number of morpholine rings is 1. The van der Waals surface area contributed by atoms with Crippen LogP contribution in [0.2, 0.25) is 0 Å². The molecule has 1 fully saturated rings. The van der Waals surface area contributed by atoms with Gasteiger partial charge in [-0.05, 0) is 43.9 Å². The third-order valence-corrected chi connectivity index (χ3v) is 6.25. The molecule has 0 aromatic heterocycles. The van der Waals surface area contributed by atoms with Gasteiger partial charge >= 0.3 is 0 Å². The van der Waals surface area contributed by atoms with Crippen LogP contribution < -0.4 is 5.01 Å². The quantitative estimate of drug-likeness (QED) is 0.540. The molecular weight excluding hydrogens is 410 g/mol. The van der Waals surface area contributed by atoms with Gasteiger partial charge in [0.2, 0.25) is 0 Å². The van der Waals surface area contributed by atoms with Gasteiger partial charge in [-0.15, -0.1) is 5.10 Å². The monoisotopic (exact) mass is 439 g/mol. The van der Waals surface area contributed by atoms with E-state index in [1.165, 1.54) is 11.1 Å². The van der Waals surface area contributed by atoms with Crippen LogP contribution in [0.25, 0.3) is 5.76 Å². The van der Waals surface area contributed by atoms with Crippen LogP contribution in [0, 0.1) is 20.8 Å². The number of hydrazone groups is 1. The molecule has 2 aliphatic heterocycles. The lowest BCUT2D eigenvalue weighted by Crippen LogP contribution is -2.48. The number of aliphatic hydroxyl groups excluding tert-OH is 1. The maximum absolute atomic E-state index is 11.6. The Kier molecular flexibility index (Phi) is 5.65. The molecule has 0 radical (unpaired) electrons. The van der Waals surface area contributed by atoms with Crippen molar-refractivity contribution in [2.45, 2.75) is 33.2 Å². The standard InChI is InChI=1S/C28H29N3O2/c1-19-14-20(2)26(21(3)15-19)31-28(27(32)23-12-8-5-9-13-23)30-24(17-33-18-25(30)29-31)16-22-10-6-4-7-11-22/h4-15,24,32H,16-18H2,1-3H3/b28-27+/t24-/m0/s1. The van der Waals surface area contributed by atoms with Crippen molar-refractivity contribution in [2.24, 2.45) is 5.10 Å². The minimum Gasteiger partial charge on any atom is -0.504 e. The maximum Gasteiger partial charge on any atom is 0.179 e. The molecule has 5 nitrogen and oxygen atoms in total. The lowest BCUT2D eigenvalue weighted by Gasteiger charge is -2.36. The second kappa shape index (κ2) is 8.75. The molecule has 0 spiro atoms. The Morgan fingerprint density at radius 1 is 0.970 bits per heavy atom. The summed E-state index contributed by atoms with van der Waals surface area (Å²) in [6.07, 6.45) is 0.797. The molecule has 2 heterocycles. The average molecular weight is 440 g/mol. The van der Waals surface area contributed by atoms with Crippen LogP contribution in [0.1, 0.15) is 27.8 Å². The number of aryl methyl sites for hydroxylation is 3. The summed E-state index contributed by atoms with van der Waals surface area (Å²) in [5.74, 6) is 1.73. The van der Waals surface area contributed by atoms with E-state index in [0.717, 1.165) is 34.6 Å². The Balaban J connectivity index is 1.66. The van der Waals surface area contributed by atoms with Gasteiger partial charge in [0.1, 0.15) is 6.61 Å². The predicted octanol–water partition coefficient (Wildman–Crippen LogP) is 5.57. The first kappa shape index (κ1) is 21.3. The molecule has 0 saturated carbocycles. The molecule has 0 bridgehead atoms. The van der Waals surface area contributed by atoms with Crippen molar-refractivity contribution in [3.8, 4) is 0 Å². The van der Waals surface area contributed by atoms with Gasteiger partial charge in [-0.3, -0.25) is 0 Å². The van der Waals surface area contributed by atoms with Gasteiger partial charge in [0.05, 0.1) is 18.3 Å². The first-order valence-electron chi connectivity index (χ1n) is 11.4. The van der Waals surface area contributed by atoms with E-state index in [2.05, 4.69) is 62.1 Å². The zero-order chi connectivity index (χ0) is 22.9. The van der Waals surface area contributed by atoms with Crippen molar-refractivity contribution < 1.29 is 9.84 Å². The number of rotatable bonds is 4. The number of fused-ring (bicyclic) bond motifs is 1. The summed E-state index contributed by atoms with van der Waals surface area (Å²) in [6.45, 7) is 7.28. The van der Waals surface area contributed by atoms with Crippen LogP contribution in [0.4, 0.5) is 5.69 Å². The summed E-state index contributed by atoms with van der Waals surface area (Å²) in [4.78, 5) is 2.18. The fourth-order valence-electron chi connectivity index (χ4n) is 4.92. The number of amidine groups is 1. The maximum atomic E-state index is 11.6. The molecule has 3 aromatic rings. The molecule has 33 heavy (non-hydrogen) atoms. The molecular formula is C28H29N3O2. The number of anilines is 1. The lowest BCUT2D eigenvalue weighted by atomic mass is 10.0. The van der Waals surface area contributed by atoms with E-state index in [-0.39, 0.29) is 11.8 Å². The molecule has 168 valence electrons. The normalized spacial score (nSPS) is 19.4. The Morgan fingerprint density at radius 2 is 1.61 bits per heavy atom. The highest BCUT2D eigenvalue weighted by Crippen LogP contribution is 2.39. The highest BCUT2D eigenvalue weighted by atomic mass is 16.5. The Bertz CT molecular complexity index is 1200. The van der Waals surface area contributed by atoms with E-state index in [9.17, 15) is 5.11 Å². The van der Waals surface area contributed by atoms with Crippen molar-refractivity contribution in [1.29, 1.82) is 0 Å². The lowest BCUT2D eigenvalue weighted by molar-refractivity contribution is 0.0863. The van der Waals surface area contributed by atoms with Crippen molar-refractivity contribution in [3.63, 3.8) is 0 Å². The second-order valence-electron chi connectivity index (χ2n) is 8.84. The molecule has 0 aliphatic carbocycles. The summed E-state index contributed by atoms with van der Waals surface area (Å²) >= 11 is 0. The second-order valence-corrected chi connectivity index (χ2v) is 8.84. The van der Waals surface area contributed by atoms with Gasteiger partial charge < -0.3 is 14.7 Å². The molecule has 5 rings (SSSR count). The topological polar surface area (TPSA) is 48.3 Å². The molecule has 3 aromatic carbocycles. The summed E-state index contributed by atoms with van der Waals surface area (Å²) in [5.41, 5.74) is 6.44. The molecule has 1 N–H and O–H groups in total. The van der Waals surface area contributed by atoms with Crippen molar-refractivity contribution >= 4 is 17.3 Å². The highest BCUT2D eigenvalue weighted by Gasteiger charge is 2.41. The fourth-order valence-corrected chi connectivity index (χ4v) is 4.92. The van der Waals surface area contributed by atoms with Gasteiger partial charge in [0.25, 0.3) is 0 Å². The third-order valence-electron chi connectivity index (χ3n) is 6.25. The van der Waals surface area contributed by atoms with Gasteiger partial charge in [-0.25, -0.2) is 5.01 Å². The average Bonchev–Trinajstić information content (AvgIpc) is 3.19. The third kappa shape index (κ3) is 4.00. The van der Waals surface area contributed by atoms with Crippen LogP contribution in [0.5, 0.6) is 0 Å². The van der Waals surface area contributed by atoms with Crippen LogP contribution >= 0.6 is 0 Å². The van der Waals surface area contributed by atoms with Crippen molar-refractivity contribution in [2.75, 3.05) is 18.2 Å². The van der Waals surface area contributed by atoms with Crippen LogP contribution in [-0.4, -0.2) is 35.1 Å². The van der Waals surface area contributed by atoms with E-state index in [1.54, 1.807) is 0 Å². The smallest absolute Gasteiger partial charge is 0.179 e. The zero-order valence-corrected chi connectivity index (χ0v) is 19.3. The first-order chi connectivity index (χ1) is 16.0. The van der Waals surface area contributed by atoms with E-state index in [4.69, 9.17) is 9.84 Å². The molecule has 1 saturated heterocycles. The summed E-state index contributed by atoms with van der Waals surface area (Å²) in [6, 6.07) is 24.5. The van der Waals surface area contributed by atoms with E-state index in [0.29, 0.717) is 19.0 Å². The highest BCUT2D eigenvalue weighted by molar-refractivity contribution is 5.93. The van der Waals surface area contributed by atoms with Crippen LogP contribution in [0.3, 0.4) is 0 Å². The van der Waals surface area contributed by atoms with Crippen LogP contribution in [-0.2, 0) is 11.2 Å². The Labute approximate surface area is 195 Å². The number of aliphatic hydroxyl groups is 1. The van der Waals surface area contributed by atoms with Crippen LogP contribution in [0.15, 0.2) is 83.7 Å². The molecule has 0 amide bonds. The number of ether oxygens (including phenoxy) is 1. The summed E-state index contributed by atoms with van der Waals surface area (Å²) in [7, 11) is 0. The van der Waals surface area contributed by atoms with Gasteiger partial charge in [0.15, 0.2) is 17.4 Å². The van der Waals surface area contributed by atoms with E-state index >= 15 is 0 Å². The Hall–Kier alpha value is -3.57. The predicted molar refractivity (Wildman–Crippen MR) is 133 cm³/mol. The van der Waals surface area contributed by atoms with E-state index < -0.39 is 0 Å². The van der Waals surface area contributed by atoms with E-state index in [1.807, 2.05) is 41.4 Å². The number of nitrogens with zero attached hydrogens (tertiary/aromatic N) is 3. The minimum absolute atomic E-state index is 0.0248. The number of hydrogen-bond acceptors (Lipinski definition) is 5. The van der Waals surface area contributed by atoms with Gasteiger partial charge in [-0.2, -0.15) is 0 Å². The Morgan fingerprint density at radius 3 is 2.27 bits per heavy atom. The molecule has 5 heteroatoms. The number of benzene rings is 3. The fraction of sp³-hybridized carbons (Fsp3) is 0.250. The SMILES string of the molecule is Cc1cc(C)c(N2N=C3COC[C@H](Cc4ccccc4)N3/C2=C(\O)c2ccccc2)c(C)c1.